The van der Waals surface area contributed by atoms with Gasteiger partial charge in [-0.1, -0.05) is 18.2 Å². The van der Waals surface area contributed by atoms with Gasteiger partial charge in [0.1, 0.15) is 5.69 Å². The molecule has 0 atom stereocenters. The van der Waals surface area contributed by atoms with Crippen LogP contribution in [0.15, 0.2) is 48.7 Å². The minimum atomic E-state index is -3.40. The Labute approximate surface area is 163 Å². The number of amides is 1. The molecule has 0 radical (unpaired) electrons. The van der Waals surface area contributed by atoms with E-state index < -0.39 is 10.0 Å². The molecule has 2 aromatic heterocycles. The summed E-state index contributed by atoms with van der Waals surface area (Å²) in [5.41, 5.74) is 1.96. The number of aromatic amines is 1. The van der Waals surface area contributed by atoms with E-state index in [2.05, 4.69) is 14.7 Å². The van der Waals surface area contributed by atoms with Crippen molar-refractivity contribution in [2.45, 2.75) is 0 Å². The number of carbonyl (C=O) groups is 1. The van der Waals surface area contributed by atoms with Crippen molar-refractivity contribution in [3.8, 4) is 0 Å². The number of sulfonamides is 1. The van der Waals surface area contributed by atoms with Crippen LogP contribution in [0, 0.1) is 0 Å². The van der Waals surface area contributed by atoms with E-state index in [1.165, 1.54) is 0 Å². The Hall–Kier alpha value is -3.07. The second-order valence-corrected chi connectivity index (χ2v) is 8.55. The summed E-state index contributed by atoms with van der Waals surface area (Å²) in [7, 11) is -3.40. The number of anilines is 2. The van der Waals surface area contributed by atoms with Crippen molar-refractivity contribution in [1.82, 2.24) is 14.9 Å². The van der Waals surface area contributed by atoms with Crippen molar-refractivity contribution >= 4 is 38.3 Å². The predicted octanol–water partition coefficient (Wildman–Crippen LogP) is 1.90. The fourth-order valence-electron chi connectivity index (χ4n) is 3.41. The van der Waals surface area contributed by atoms with Gasteiger partial charge in [0.2, 0.25) is 10.0 Å². The Bertz CT molecular complexity index is 1080. The Morgan fingerprint density at radius 1 is 1.11 bits per heavy atom. The van der Waals surface area contributed by atoms with E-state index in [4.69, 9.17) is 0 Å². The molecule has 9 heteroatoms. The highest BCUT2D eigenvalue weighted by atomic mass is 32.2. The largest absolute Gasteiger partial charge is 0.351 e. The van der Waals surface area contributed by atoms with Crippen LogP contribution in [0.4, 0.5) is 11.5 Å². The fraction of sp³-hybridized carbons (Fsp3) is 0.263. The van der Waals surface area contributed by atoms with Gasteiger partial charge in [0.05, 0.1) is 11.9 Å². The van der Waals surface area contributed by atoms with E-state index >= 15 is 0 Å². The van der Waals surface area contributed by atoms with Crippen LogP contribution >= 0.6 is 0 Å². The van der Waals surface area contributed by atoms with Crippen LogP contribution in [0.25, 0.3) is 10.9 Å². The van der Waals surface area contributed by atoms with Gasteiger partial charge in [0, 0.05) is 43.3 Å². The van der Waals surface area contributed by atoms with Crippen molar-refractivity contribution in [2.75, 3.05) is 42.1 Å². The number of aromatic nitrogens is 2. The average Bonchev–Trinajstić information content (AvgIpc) is 3.11. The molecule has 3 aromatic rings. The predicted molar refractivity (Wildman–Crippen MR) is 109 cm³/mol. The van der Waals surface area contributed by atoms with Crippen LogP contribution in [0.3, 0.4) is 0 Å². The third-order valence-corrected chi connectivity index (χ3v) is 5.30. The lowest BCUT2D eigenvalue weighted by molar-refractivity contribution is 0.0741. The molecule has 28 heavy (non-hydrogen) atoms. The molecule has 1 fully saturated rings. The zero-order chi connectivity index (χ0) is 19.7. The number of rotatable bonds is 4. The minimum absolute atomic E-state index is 0.0358. The van der Waals surface area contributed by atoms with E-state index in [1.54, 1.807) is 23.2 Å². The summed E-state index contributed by atoms with van der Waals surface area (Å²) in [5.74, 6) is 0.539. The molecular formula is C19H21N5O3S. The number of para-hydroxylation sites is 1. The summed E-state index contributed by atoms with van der Waals surface area (Å²) >= 11 is 0. The molecule has 1 saturated heterocycles. The Morgan fingerprint density at radius 3 is 2.57 bits per heavy atom. The average molecular weight is 399 g/mol. The van der Waals surface area contributed by atoms with Gasteiger partial charge in [-0.3, -0.25) is 9.52 Å². The number of pyridine rings is 1. The zero-order valence-corrected chi connectivity index (χ0v) is 16.2. The lowest BCUT2D eigenvalue weighted by atomic mass is 10.2. The van der Waals surface area contributed by atoms with Crippen molar-refractivity contribution in [3.05, 3.63) is 54.4 Å². The van der Waals surface area contributed by atoms with Gasteiger partial charge in [0.15, 0.2) is 5.82 Å². The second-order valence-electron chi connectivity index (χ2n) is 6.80. The molecule has 0 unspecified atom stereocenters. The number of benzene rings is 1. The van der Waals surface area contributed by atoms with Crippen LogP contribution in [0.5, 0.6) is 0 Å². The molecule has 2 N–H and O–H groups in total. The summed E-state index contributed by atoms with van der Waals surface area (Å²) in [6, 6.07) is 13.0. The molecule has 8 nitrogen and oxygen atoms in total. The Balaban J connectivity index is 1.47. The van der Waals surface area contributed by atoms with Crippen molar-refractivity contribution in [1.29, 1.82) is 0 Å². The van der Waals surface area contributed by atoms with Gasteiger partial charge >= 0.3 is 0 Å². The number of nitrogens with zero attached hydrogens (tertiary/aromatic N) is 3. The number of fused-ring (bicyclic) bond motifs is 1. The quantitative estimate of drug-likeness (QED) is 0.698. The second kappa shape index (κ2) is 7.16. The third-order valence-electron chi connectivity index (χ3n) is 4.71. The number of hydrogen-bond acceptors (Lipinski definition) is 5. The summed E-state index contributed by atoms with van der Waals surface area (Å²) in [6.07, 6.45) is 2.74. The first-order chi connectivity index (χ1) is 13.4. The monoisotopic (exact) mass is 399 g/mol. The van der Waals surface area contributed by atoms with Crippen LogP contribution in [0.2, 0.25) is 0 Å². The molecule has 0 aliphatic carbocycles. The summed E-state index contributed by atoms with van der Waals surface area (Å²) in [5, 5.41) is 1.01. The summed E-state index contributed by atoms with van der Waals surface area (Å²) in [6.45, 7) is 2.20. The first-order valence-corrected chi connectivity index (χ1v) is 10.8. The van der Waals surface area contributed by atoms with Gasteiger partial charge in [-0.05, 0) is 24.3 Å². The molecule has 0 bridgehead atoms. The topological polar surface area (TPSA) is 98.4 Å². The third kappa shape index (κ3) is 3.79. The first-order valence-electron chi connectivity index (χ1n) is 8.95. The van der Waals surface area contributed by atoms with Gasteiger partial charge < -0.3 is 14.8 Å². The number of piperazine rings is 1. The molecule has 0 spiro atoms. The molecule has 1 aliphatic heterocycles. The number of carbonyl (C=O) groups excluding carboxylic acids is 1. The lowest BCUT2D eigenvalue weighted by Crippen LogP contribution is -2.49. The molecule has 1 aromatic carbocycles. The molecule has 3 heterocycles. The highest BCUT2D eigenvalue weighted by molar-refractivity contribution is 7.92. The molecule has 146 valence electrons. The number of H-pyrrole nitrogens is 1. The highest BCUT2D eigenvalue weighted by Crippen LogP contribution is 2.25. The fourth-order valence-corrected chi connectivity index (χ4v) is 3.97. The van der Waals surface area contributed by atoms with Gasteiger partial charge in [-0.15, -0.1) is 0 Å². The minimum Gasteiger partial charge on any atom is -0.351 e. The number of hydrogen-bond donors (Lipinski definition) is 2. The Kier molecular flexibility index (Phi) is 4.68. The maximum Gasteiger partial charge on any atom is 0.270 e. The smallest absolute Gasteiger partial charge is 0.270 e. The van der Waals surface area contributed by atoms with E-state index in [-0.39, 0.29) is 5.91 Å². The van der Waals surface area contributed by atoms with E-state index in [1.807, 2.05) is 35.2 Å². The van der Waals surface area contributed by atoms with Gasteiger partial charge in [-0.25, -0.2) is 13.4 Å². The molecule has 1 aliphatic rings. The van der Waals surface area contributed by atoms with Crippen molar-refractivity contribution < 1.29 is 13.2 Å². The van der Waals surface area contributed by atoms with Gasteiger partial charge in [0.25, 0.3) is 5.91 Å². The maximum absolute atomic E-state index is 12.8. The Morgan fingerprint density at radius 2 is 1.86 bits per heavy atom. The van der Waals surface area contributed by atoms with E-state index in [9.17, 15) is 13.2 Å². The van der Waals surface area contributed by atoms with Crippen LogP contribution in [0.1, 0.15) is 10.5 Å². The van der Waals surface area contributed by atoms with E-state index in [0.717, 1.165) is 17.2 Å². The van der Waals surface area contributed by atoms with Crippen LogP contribution in [-0.2, 0) is 10.0 Å². The molecular weight excluding hydrogens is 378 g/mol. The zero-order valence-electron chi connectivity index (χ0n) is 15.4. The molecule has 0 saturated carbocycles. The summed E-state index contributed by atoms with van der Waals surface area (Å²) in [4.78, 5) is 24.1. The van der Waals surface area contributed by atoms with E-state index in [0.29, 0.717) is 43.4 Å². The SMILES string of the molecule is CS(=O)(=O)Nc1cccnc1N1CCN(C(=O)c2cc3ccccc3[nH]2)CC1. The summed E-state index contributed by atoms with van der Waals surface area (Å²) < 4.78 is 25.7. The number of nitrogens with one attached hydrogen (secondary N) is 2. The van der Waals surface area contributed by atoms with Crippen LogP contribution < -0.4 is 9.62 Å². The van der Waals surface area contributed by atoms with Gasteiger partial charge in [-0.2, -0.15) is 0 Å². The maximum atomic E-state index is 12.8. The first kappa shape index (κ1) is 18.3. The lowest BCUT2D eigenvalue weighted by Gasteiger charge is -2.35. The molecule has 4 rings (SSSR count). The normalized spacial score (nSPS) is 15.0. The van der Waals surface area contributed by atoms with Crippen molar-refractivity contribution in [2.24, 2.45) is 0 Å². The molecule has 1 amide bonds. The van der Waals surface area contributed by atoms with Crippen molar-refractivity contribution in [3.63, 3.8) is 0 Å². The standard InChI is InChI=1S/C19H21N5O3S/c1-28(26,27)22-16-7-4-8-20-18(16)23-9-11-24(12-10-23)19(25)17-13-14-5-2-3-6-15(14)21-17/h2-8,13,21-22H,9-12H2,1H3. The van der Waals surface area contributed by atoms with Crippen LogP contribution in [-0.4, -0.2) is 61.6 Å². The highest BCUT2D eigenvalue weighted by Gasteiger charge is 2.25.